The van der Waals surface area contributed by atoms with Gasteiger partial charge in [0.1, 0.15) is 0 Å². The third-order valence-corrected chi connectivity index (χ3v) is 3.60. The molecule has 1 heterocycles. The number of nitrogens with zero attached hydrogens (tertiary/aromatic N) is 1. The molecule has 0 amide bonds. The SMILES string of the molecule is C=CCn1c(O)c(C=C(C)C(C)CC)c(=O)[nH]c1=S. The summed E-state index contributed by atoms with van der Waals surface area (Å²) in [5.41, 5.74) is 0.921. The van der Waals surface area contributed by atoms with Crippen LogP contribution >= 0.6 is 12.2 Å². The maximum absolute atomic E-state index is 11.9. The predicted molar refractivity (Wildman–Crippen MR) is 80.9 cm³/mol. The highest BCUT2D eigenvalue weighted by molar-refractivity contribution is 7.71. The van der Waals surface area contributed by atoms with E-state index in [0.717, 1.165) is 12.0 Å². The monoisotopic (exact) mass is 280 g/mol. The molecule has 0 radical (unpaired) electrons. The highest BCUT2D eigenvalue weighted by Crippen LogP contribution is 2.21. The lowest BCUT2D eigenvalue weighted by Gasteiger charge is -2.12. The highest BCUT2D eigenvalue weighted by atomic mass is 32.1. The van der Waals surface area contributed by atoms with Crippen LogP contribution in [0.1, 0.15) is 32.8 Å². The molecule has 1 aromatic heterocycles. The molecule has 0 saturated heterocycles. The Bertz CT molecular complexity index is 611. The van der Waals surface area contributed by atoms with E-state index in [1.54, 1.807) is 12.2 Å². The van der Waals surface area contributed by atoms with Gasteiger partial charge in [-0.25, -0.2) is 0 Å². The molecular formula is C14H20N2O2S. The fraction of sp³-hybridized carbons (Fsp3) is 0.429. The molecule has 2 N–H and O–H groups in total. The lowest BCUT2D eigenvalue weighted by atomic mass is 9.98. The van der Waals surface area contributed by atoms with Gasteiger partial charge in [-0.3, -0.25) is 14.3 Å². The lowest BCUT2D eigenvalue weighted by molar-refractivity contribution is 0.412. The van der Waals surface area contributed by atoms with E-state index in [-0.39, 0.29) is 21.8 Å². The zero-order valence-electron chi connectivity index (χ0n) is 11.6. The van der Waals surface area contributed by atoms with Crippen LogP contribution in [0.4, 0.5) is 0 Å². The summed E-state index contributed by atoms with van der Waals surface area (Å²) in [5, 5.41) is 10.2. The zero-order chi connectivity index (χ0) is 14.6. The van der Waals surface area contributed by atoms with Crippen LogP contribution in [0.5, 0.6) is 5.88 Å². The third-order valence-electron chi connectivity index (χ3n) is 3.28. The Labute approximate surface area is 118 Å². The summed E-state index contributed by atoms with van der Waals surface area (Å²) in [5.74, 6) is 0.242. The molecule has 0 saturated carbocycles. The number of hydrogen-bond acceptors (Lipinski definition) is 3. The van der Waals surface area contributed by atoms with Crippen LogP contribution in [-0.4, -0.2) is 14.7 Å². The van der Waals surface area contributed by atoms with Crippen LogP contribution in [0.15, 0.2) is 23.0 Å². The second-order valence-corrected chi connectivity index (χ2v) is 4.98. The second kappa shape index (κ2) is 6.52. The number of nitrogens with one attached hydrogen (secondary N) is 1. The first-order chi connectivity index (χ1) is 8.92. The van der Waals surface area contributed by atoms with Crippen LogP contribution in [0.2, 0.25) is 0 Å². The standard InChI is InChI=1S/C14H20N2O2S/c1-5-7-16-13(18)11(12(17)15-14(16)19)8-10(4)9(3)6-2/h5,8-9,18H,1,6-7H2,2-4H3,(H,15,17,19). The summed E-state index contributed by atoms with van der Waals surface area (Å²) in [6.07, 6.45) is 4.31. The Hall–Kier alpha value is -1.62. The molecule has 19 heavy (non-hydrogen) atoms. The average Bonchev–Trinajstić information content (AvgIpc) is 2.38. The maximum Gasteiger partial charge on any atom is 0.262 e. The van der Waals surface area contributed by atoms with Crippen molar-refractivity contribution in [2.45, 2.75) is 33.7 Å². The number of hydrogen-bond donors (Lipinski definition) is 2. The van der Waals surface area contributed by atoms with Crippen LogP contribution in [0.25, 0.3) is 6.08 Å². The molecule has 1 aromatic rings. The number of rotatable bonds is 5. The minimum absolute atomic E-state index is 0.115. The number of H-pyrrole nitrogens is 1. The van der Waals surface area contributed by atoms with Crippen molar-refractivity contribution in [2.24, 2.45) is 5.92 Å². The molecule has 0 bridgehead atoms. The van der Waals surface area contributed by atoms with E-state index in [4.69, 9.17) is 12.2 Å². The summed E-state index contributed by atoms with van der Waals surface area (Å²) in [7, 11) is 0. The Morgan fingerprint density at radius 1 is 1.63 bits per heavy atom. The van der Waals surface area contributed by atoms with Gasteiger partial charge >= 0.3 is 0 Å². The molecule has 1 unspecified atom stereocenters. The van der Waals surface area contributed by atoms with Crippen molar-refractivity contribution in [1.82, 2.24) is 9.55 Å². The molecule has 1 rings (SSSR count). The fourth-order valence-electron chi connectivity index (χ4n) is 1.70. The van der Waals surface area contributed by atoms with Gasteiger partial charge < -0.3 is 5.11 Å². The minimum atomic E-state index is -0.370. The van der Waals surface area contributed by atoms with E-state index in [2.05, 4.69) is 25.4 Å². The fourth-order valence-corrected chi connectivity index (χ4v) is 1.95. The van der Waals surface area contributed by atoms with E-state index >= 15 is 0 Å². The van der Waals surface area contributed by atoms with E-state index < -0.39 is 0 Å². The molecule has 0 spiro atoms. The van der Waals surface area contributed by atoms with Crippen LogP contribution in [0.3, 0.4) is 0 Å². The van der Waals surface area contributed by atoms with E-state index in [1.165, 1.54) is 4.57 Å². The van der Waals surface area contributed by atoms with Crippen molar-refractivity contribution in [3.8, 4) is 5.88 Å². The largest absolute Gasteiger partial charge is 0.494 e. The van der Waals surface area contributed by atoms with Gasteiger partial charge in [0.2, 0.25) is 5.88 Å². The summed E-state index contributed by atoms with van der Waals surface area (Å²) < 4.78 is 1.64. The quantitative estimate of drug-likeness (QED) is 0.643. The van der Waals surface area contributed by atoms with E-state index in [0.29, 0.717) is 12.5 Å². The van der Waals surface area contributed by atoms with Crippen LogP contribution in [-0.2, 0) is 6.54 Å². The van der Waals surface area contributed by atoms with Crippen LogP contribution < -0.4 is 5.56 Å². The Kier molecular flexibility index (Phi) is 5.30. The predicted octanol–water partition coefficient (Wildman–Crippen LogP) is 3.25. The second-order valence-electron chi connectivity index (χ2n) is 4.59. The van der Waals surface area contributed by atoms with E-state index in [9.17, 15) is 9.90 Å². The number of aromatic amines is 1. The number of aromatic hydroxyl groups is 1. The summed E-state index contributed by atoms with van der Waals surface area (Å²) in [6, 6.07) is 0. The molecule has 0 fully saturated rings. The molecule has 0 aliphatic rings. The maximum atomic E-state index is 11.9. The Balaban J connectivity index is 3.44. The van der Waals surface area contributed by atoms with Gasteiger partial charge in [0.25, 0.3) is 5.56 Å². The van der Waals surface area contributed by atoms with Crippen molar-refractivity contribution in [3.63, 3.8) is 0 Å². The minimum Gasteiger partial charge on any atom is -0.494 e. The van der Waals surface area contributed by atoms with Gasteiger partial charge in [-0.1, -0.05) is 25.5 Å². The lowest BCUT2D eigenvalue weighted by Crippen LogP contribution is -2.16. The number of aromatic nitrogens is 2. The molecule has 5 heteroatoms. The third kappa shape index (κ3) is 3.44. The first kappa shape index (κ1) is 15.4. The topological polar surface area (TPSA) is 58.0 Å². The summed E-state index contributed by atoms with van der Waals surface area (Å²) >= 11 is 5.02. The van der Waals surface area contributed by atoms with Gasteiger partial charge in [0.05, 0.1) is 5.56 Å². The van der Waals surface area contributed by atoms with Gasteiger partial charge in [-0.05, 0) is 37.6 Å². The van der Waals surface area contributed by atoms with Crippen LogP contribution in [0, 0.1) is 10.7 Å². The Morgan fingerprint density at radius 2 is 2.26 bits per heavy atom. The molecule has 104 valence electrons. The van der Waals surface area contributed by atoms with Crippen molar-refractivity contribution in [1.29, 1.82) is 0 Å². The molecule has 4 nitrogen and oxygen atoms in total. The molecule has 1 atom stereocenters. The van der Waals surface area contributed by atoms with Gasteiger partial charge in [0, 0.05) is 6.54 Å². The zero-order valence-corrected chi connectivity index (χ0v) is 12.4. The number of allylic oxidation sites excluding steroid dienone is 2. The van der Waals surface area contributed by atoms with Crippen molar-refractivity contribution in [3.05, 3.63) is 38.9 Å². The summed E-state index contributed by atoms with van der Waals surface area (Å²) in [6.45, 7) is 10.1. The molecule has 0 aromatic carbocycles. The first-order valence-corrected chi connectivity index (χ1v) is 6.68. The van der Waals surface area contributed by atoms with Gasteiger partial charge in [0.15, 0.2) is 4.77 Å². The van der Waals surface area contributed by atoms with E-state index in [1.807, 2.05) is 6.92 Å². The van der Waals surface area contributed by atoms with Crippen molar-refractivity contribution >= 4 is 18.3 Å². The smallest absolute Gasteiger partial charge is 0.262 e. The summed E-state index contributed by atoms with van der Waals surface area (Å²) in [4.78, 5) is 14.5. The molecular weight excluding hydrogens is 260 g/mol. The highest BCUT2D eigenvalue weighted by Gasteiger charge is 2.11. The first-order valence-electron chi connectivity index (χ1n) is 6.27. The average molecular weight is 280 g/mol. The van der Waals surface area contributed by atoms with Crippen molar-refractivity contribution < 1.29 is 5.11 Å². The van der Waals surface area contributed by atoms with Gasteiger partial charge in [-0.2, -0.15) is 0 Å². The molecule has 0 aliphatic carbocycles. The van der Waals surface area contributed by atoms with Crippen molar-refractivity contribution in [2.75, 3.05) is 0 Å². The Morgan fingerprint density at radius 3 is 2.79 bits per heavy atom. The molecule has 0 aliphatic heterocycles. The van der Waals surface area contributed by atoms with Gasteiger partial charge in [-0.15, -0.1) is 6.58 Å². The normalized spacial score (nSPS) is 13.3.